The summed E-state index contributed by atoms with van der Waals surface area (Å²) >= 11 is 0. The molecule has 0 spiro atoms. The van der Waals surface area contributed by atoms with Gasteiger partial charge in [0.05, 0.1) is 0 Å². The molecule has 1 N–H and O–H groups in total. The maximum Gasteiger partial charge on any atom is 0.331 e. The minimum Gasteiger partial charge on any atom is -0.452 e. The molecule has 3 aromatic rings. The van der Waals surface area contributed by atoms with Crippen molar-refractivity contribution in [2.45, 2.75) is 6.92 Å². The number of hydrogen-bond donors (Lipinski definition) is 1. The van der Waals surface area contributed by atoms with Gasteiger partial charge in [0.15, 0.2) is 6.61 Å². The van der Waals surface area contributed by atoms with E-state index in [-0.39, 0.29) is 5.88 Å². The molecule has 1 aromatic heterocycles. The number of amides is 1. The maximum absolute atomic E-state index is 13.1. The molecule has 0 atom stereocenters. The molecule has 0 bridgehead atoms. The summed E-state index contributed by atoms with van der Waals surface area (Å²) in [6.07, 6.45) is 2.51. The lowest BCUT2D eigenvalue weighted by Gasteiger charge is -2.01. The number of halogens is 1. The molecule has 142 valence electrons. The van der Waals surface area contributed by atoms with E-state index in [0.29, 0.717) is 11.3 Å². The Balaban J connectivity index is 1.49. The average molecular weight is 380 g/mol. The number of hydrogen-bond acceptors (Lipinski definition) is 5. The first-order chi connectivity index (χ1) is 13.5. The number of aromatic nitrogens is 1. The second kappa shape index (κ2) is 8.77. The first kappa shape index (κ1) is 19.0. The van der Waals surface area contributed by atoms with Gasteiger partial charge in [-0.3, -0.25) is 10.1 Å². The summed E-state index contributed by atoms with van der Waals surface area (Å²) in [6, 6.07) is 15.0. The molecule has 1 heterocycles. The van der Waals surface area contributed by atoms with Crippen LogP contribution in [0.2, 0.25) is 0 Å². The van der Waals surface area contributed by atoms with Gasteiger partial charge in [0, 0.05) is 17.7 Å². The molecule has 0 saturated heterocycles. The maximum atomic E-state index is 13.1. The van der Waals surface area contributed by atoms with E-state index in [2.05, 4.69) is 10.5 Å². The van der Waals surface area contributed by atoms with Crippen LogP contribution in [0.25, 0.3) is 17.3 Å². The number of ether oxygens (including phenoxy) is 1. The highest BCUT2D eigenvalue weighted by molar-refractivity contribution is 5.94. The van der Waals surface area contributed by atoms with Crippen molar-refractivity contribution in [3.8, 4) is 11.3 Å². The number of nitrogens with zero attached hydrogens (tertiary/aromatic N) is 1. The summed E-state index contributed by atoms with van der Waals surface area (Å²) in [5, 5.41) is 6.36. The Morgan fingerprint density at radius 2 is 1.96 bits per heavy atom. The number of carbonyl (C=O) groups is 2. The molecule has 7 heteroatoms. The lowest BCUT2D eigenvalue weighted by molar-refractivity contribution is -0.142. The highest BCUT2D eigenvalue weighted by atomic mass is 19.1. The van der Waals surface area contributed by atoms with Crippen LogP contribution in [0.15, 0.2) is 65.2 Å². The molecular weight excluding hydrogens is 363 g/mol. The van der Waals surface area contributed by atoms with Crippen molar-refractivity contribution in [1.82, 2.24) is 5.16 Å². The standard InChI is InChI=1S/C21H17FN2O4/c1-14-5-8-16(9-6-14)18-12-20(28-24-18)23-19(25)13-27-21(26)10-7-15-3-2-4-17(22)11-15/h2-12H,13H2,1H3,(H,23,25)/b10-7+. The minimum absolute atomic E-state index is 0.145. The van der Waals surface area contributed by atoms with Crippen LogP contribution in [0.4, 0.5) is 10.3 Å². The quantitative estimate of drug-likeness (QED) is 0.517. The normalized spacial score (nSPS) is 10.8. The molecule has 6 nitrogen and oxygen atoms in total. The van der Waals surface area contributed by atoms with Gasteiger partial charge in [-0.2, -0.15) is 0 Å². The molecule has 1 amide bonds. The van der Waals surface area contributed by atoms with E-state index in [9.17, 15) is 14.0 Å². The fraction of sp³-hybridized carbons (Fsp3) is 0.0952. The number of carbonyl (C=O) groups excluding carboxylic acids is 2. The number of rotatable bonds is 6. The van der Waals surface area contributed by atoms with Gasteiger partial charge in [0.2, 0.25) is 5.88 Å². The largest absolute Gasteiger partial charge is 0.452 e. The van der Waals surface area contributed by atoms with E-state index >= 15 is 0 Å². The second-order valence-corrected chi connectivity index (χ2v) is 5.99. The van der Waals surface area contributed by atoms with E-state index in [4.69, 9.17) is 9.26 Å². The number of benzene rings is 2. The number of esters is 1. The van der Waals surface area contributed by atoms with Gasteiger partial charge in [-0.05, 0) is 30.7 Å². The molecular formula is C21H17FN2O4. The van der Waals surface area contributed by atoms with Crippen LogP contribution in [-0.4, -0.2) is 23.6 Å². The van der Waals surface area contributed by atoms with Gasteiger partial charge >= 0.3 is 5.97 Å². The zero-order chi connectivity index (χ0) is 19.9. The van der Waals surface area contributed by atoms with Crippen LogP contribution in [-0.2, 0) is 14.3 Å². The first-order valence-electron chi connectivity index (χ1n) is 8.43. The topological polar surface area (TPSA) is 81.4 Å². The summed E-state index contributed by atoms with van der Waals surface area (Å²) in [5.74, 6) is -1.56. The molecule has 0 radical (unpaired) electrons. The molecule has 0 aliphatic rings. The van der Waals surface area contributed by atoms with Crippen molar-refractivity contribution in [2.24, 2.45) is 0 Å². The van der Waals surface area contributed by atoms with Crippen molar-refractivity contribution in [2.75, 3.05) is 11.9 Å². The van der Waals surface area contributed by atoms with Gasteiger partial charge in [0.25, 0.3) is 5.91 Å². The fourth-order valence-electron chi connectivity index (χ4n) is 2.33. The first-order valence-corrected chi connectivity index (χ1v) is 8.43. The van der Waals surface area contributed by atoms with Gasteiger partial charge < -0.3 is 9.26 Å². The van der Waals surface area contributed by atoms with Crippen LogP contribution >= 0.6 is 0 Å². The Hall–Kier alpha value is -3.74. The zero-order valence-electron chi connectivity index (χ0n) is 15.0. The molecule has 0 unspecified atom stereocenters. The Labute approximate surface area is 160 Å². The van der Waals surface area contributed by atoms with Crippen molar-refractivity contribution in [1.29, 1.82) is 0 Å². The van der Waals surface area contributed by atoms with Crippen LogP contribution < -0.4 is 5.32 Å². The number of aryl methyl sites for hydroxylation is 1. The van der Waals surface area contributed by atoms with E-state index in [0.717, 1.165) is 17.2 Å². The lowest BCUT2D eigenvalue weighted by Crippen LogP contribution is -2.19. The third-order valence-corrected chi connectivity index (χ3v) is 3.73. The molecule has 0 fully saturated rings. The van der Waals surface area contributed by atoms with E-state index in [1.165, 1.54) is 24.3 Å². The van der Waals surface area contributed by atoms with Crippen LogP contribution in [0.5, 0.6) is 0 Å². The highest BCUT2D eigenvalue weighted by Gasteiger charge is 2.11. The summed E-state index contributed by atoms with van der Waals surface area (Å²) in [6.45, 7) is 1.49. The Morgan fingerprint density at radius 3 is 2.71 bits per heavy atom. The van der Waals surface area contributed by atoms with Gasteiger partial charge in [-0.1, -0.05) is 47.1 Å². The average Bonchev–Trinajstić information content (AvgIpc) is 3.14. The number of anilines is 1. The van der Waals surface area contributed by atoms with Crippen LogP contribution in [0.1, 0.15) is 11.1 Å². The molecule has 28 heavy (non-hydrogen) atoms. The Bertz CT molecular complexity index is 1010. The SMILES string of the molecule is Cc1ccc(-c2cc(NC(=O)COC(=O)/C=C/c3cccc(F)c3)on2)cc1. The van der Waals surface area contributed by atoms with E-state index in [1.807, 2.05) is 31.2 Å². The van der Waals surface area contributed by atoms with E-state index in [1.54, 1.807) is 12.1 Å². The van der Waals surface area contributed by atoms with Crippen molar-refractivity contribution in [3.63, 3.8) is 0 Å². The molecule has 2 aromatic carbocycles. The van der Waals surface area contributed by atoms with Gasteiger partial charge in [0.1, 0.15) is 11.5 Å². The molecule has 0 aliphatic heterocycles. The third kappa shape index (κ3) is 5.38. The molecule has 0 aliphatic carbocycles. The highest BCUT2D eigenvalue weighted by Crippen LogP contribution is 2.21. The lowest BCUT2D eigenvalue weighted by atomic mass is 10.1. The van der Waals surface area contributed by atoms with Gasteiger partial charge in [-0.25, -0.2) is 9.18 Å². The summed E-state index contributed by atoms with van der Waals surface area (Å²) in [4.78, 5) is 23.5. The zero-order valence-corrected chi connectivity index (χ0v) is 15.0. The predicted octanol–water partition coefficient (Wildman–Crippen LogP) is 3.98. The van der Waals surface area contributed by atoms with E-state index < -0.39 is 24.3 Å². The summed E-state index contributed by atoms with van der Waals surface area (Å²) in [5.41, 5.74) is 3.05. The van der Waals surface area contributed by atoms with Crippen LogP contribution in [0.3, 0.4) is 0 Å². The fourth-order valence-corrected chi connectivity index (χ4v) is 2.33. The van der Waals surface area contributed by atoms with Crippen molar-refractivity contribution < 1.29 is 23.2 Å². The summed E-state index contributed by atoms with van der Waals surface area (Å²) < 4.78 is 23.0. The molecule has 3 rings (SSSR count). The van der Waals surface area contributed by atoms with Crippen molar-refractivity contribution >= 4 is 23.8 Å². The minimum atomic E-state index is -0.725. The predicted molar refractivity (Wildman–Crippen MR) is 102 cm³/mol. The number of nitrogens with one attached hydrogen (secondary N) is 1. The Morgan fingerprint density at radius 1 is 1.18 bits per heavy atom. The Kier molecular flexibility index (Phi) is 5.96. The van der Waals surface area contributed by atoms with Crippen LogP contribution in [0, 0.1) is 12.7 Å². The second-order valence-electron chi connectivity index (χ2n) is 5.99. The van der Waals surface area contributed by atoms with Crippen molar-refractivity contribution in [3.05, 3.63) is 77.6 Å². The summed E-state index contributed by atoms with van der Waals surface area (Å²) in [7, 11) is 0. The third-order valence-electron chi connectivity index (χ3n) is 3.73. The van der Waals surface area contributed by atoms with Gasteiger partial charge in [-0.15, -0.1) is 0 Å². The smallest absolute Gasteiger partial charge is 0.331 e. The monoisotopic (exact) mass is 380 g/mol. The molecule has 0 saturated carbocycles.